The maximum atomic E-state index is 5.98. The van der Waals surface area contributed by atoms with Gasteiger partial charge >= 0.3 is 0 Å². The van der Waals surface area contributed by atoms with Gasteiger partial charge in [-0.3, -0.25) is 0 Å². The summed E-state index contributed by atoms with van der Waals surface area (Å²) in [4.78, 5) is 11.9. The lowest BCUT2D eigenvalue weighted by Crippen LogP contribution is -1.97. The highest BCUT2D eigenvalue weighted by molar-refractivity contribution is 9.10. The van der Waals surface area contributed by atoms with Crippen molar-refractivity contribution >= 4 is 38.6 Å². The topological polar surface area (TPSA) is 41.6 Å². The van der Waals surface area contributed by atoms with E-state index in [0.29, 0.717) is 5.15 Å². The summed E-state index contributed by atoms with van der Waals surface area (Å²) in [6.45, 7) is 4.08. The second-order valence-corrected chi connectivity index (χ2v) is 4.62. The van der Waals surface area contributed by atoms with E-state index in [9.17, 15) is 0 Å². The van der Waals surface area contributed by atoms with Gasteiger partial charge in [0.1, 0.15) is 16.6 Å². The Morgan fingerprint density at radius 2 is 2.13 bits per heavy atom. The van der Waals surface area contributed by atoms with Gasteiger partial charge in [-0.2, -0.15) is 0 Å². The number of nitrogens with zero attached hydrogens (tertiary/aromatic N) is 2. The third-order valence-electron chi connectivity index (χ3n) is 2.25. The van der Waals surface area contributed by atoms with Crippen molar-refractivity contribution in [2.45, 2.75) is 26.7 Å². The van der Waals surface area contributed by atoms with E-state index in [1.165, 1.54) is 0 Å². The van der Waals surface area contributed by atoms with Crippen LogP contribution in [0.25, 0.3) is 11.0 Å². The first-order valence-corrected chi connectivity index (χ1v) is 6.00. The minimum atomic E-state index is 0.580. The molecule has 1 N–H and O–H groups in total. The average Bonchev–Trinajstić information content (AvgIpc) is 2.43. The number of hydrogen-bond donors (Lipinski definition) is 1. The van der Waals surface area contributed by atoms with Gasteiger partial charge in [-0.15, -0.1) is 0 Å². The molecular weight excluding hydrogens is 277 g/mol. The van der Waals surface area contributed by atoms with Crippen LogP contribution in [0.3, 0.4) is 0 Å². The van der Waals surface area contributed by atoms with Crippen LogP contribution in [-0.4, -0.2) is 15.0 Å². The smallest absolute Gasteiger partial charge is 0.143 e. The van der Waals surface area contributed by atoms with Crippen LogP contribution in [0.15, 0.2) is 4.47 Å². The highest BCUT2D eigenvalue weighted by Gasteiger charge is 2.12. The van der Waals surface area contributed by atoms with Crippen molar-refractivity contribution < 1.29 is 0 Å². The molecule has 0 fully saturated rings. The molecule has 2 aromatic rings. The predicted molar refractivity (Wildman–Crippen MR) is 65.3 cm³/mol. The number of fused-ring (bicyclic) bond motifs is 1. The maximum absolute atomic E-state index is 5.98. The van der Waals surface area contributed by atoms with Gasteiger partial charge in [0.25, 0.3) is 0 Å². The van der Waals surface area contributed by atoms with Crippen molar-refractivity contribution in [3.8, 4) is 0 Å². The molecular formula is C10H11BrClN3. The summed E-state index contributed by atoms with van der Waals surface area (Å²) in [6, 6.07) is 0. The van der Waals surface area contributed by atoms with E-state index in [1.54, 1.807) is 0 Å². The normalized spacial score (nSPS) is 11.2. The summed E-state index contributed by atoms with van der Waals surface area (Å²) >= 11 is 9.41. The van der Waals surface area contributed by atoms with E-state index in [1.807, 2.05) is 6.92 Å². The van der Waals surface area contributed by atoms with Crippen LogP contribution >= 0.6 is 27.5 Å². The number of hydrogen-bond acceptors (Lipinski definition) is 2. The molecule has 0 aliphatic rings. The zero-order valence-corrected chi connectivity index (χ0v) is 10.9. The van der Waals surface area contributed by atoms with Crippen LogP contribution in [-0.2, 0) is 6.42 Å². The van der Waals surface area contributed by atoms with E-state index in [0.717, 1.165) is 39.9 Å². The molecule has 0 saturated carbocycles. The maximum Gasteiger partial charge on any atom is 0.143 e. The van der Waals surface area contributed by atoms with Crippen LogP contribution in [0.1, 0.15) is 24.9 Å². The standard InChI is InChI=1S/C10H11BrClN3/c1-3-4-6-13-5(2)7-8(11)9(12)15-10(7)14-6/h3-4H2,1-2H3,(H,13,14,15). The number of aromatic amines is 1. The first-order valence-electron chi connectivity index (χ1n) is 4.83. The first kappa shape index (κ1) is 10.9. The monoisotopic (exact) mass is 287 g/mol. The molecule has 0 saturated heterocycles. The van der Waals surface area contributed by atoms with Crippen LogP contribution < -0.4 is 0 Å². The molecule has 0 atom stereocenters. The van der Waals surface area contributed by atoms with Gasteiger partial charge in [0, 0.05) is 6.42 Å². The zero-order valence-electron chi connectivity index (χ0n) is 8.56. The fourth-order valence-electron chi connectivity index (χ4n) is 1.59. The Hall–Kier alpha value is -0.610. The molecule has 2 aromatic heterocycles. The Bertz CT molecular complexity index is 507. The van der Waals surface area contributed by atoms with Crippen molar-refractivity contribution in [1.82, 2.24) is 15.0 Å². The summed E-state index contributed by atoms with van der Waals surface area (Å²) < 4.78 is 0.847. The van der Waals surface area contributed by atoms with Crippen LogP contribution in [0.5, 0.6) is 0 Å². The summed E-state index contributed by atoms with van der Waals surface area (Å²) in [6.07, 6.45) is 1.94. The molecule has 0 aliphatic heterocycles. The number of nitrogens with one attached hydrogen (secondary N) is 1. The van der Waals surface area contributed by atoms with Gasteiger partial charge in [0.2, 0.25) is 0 Å². The molecule has 80 valence electrons. The number of aryl methyl sites for hydroxylation is 2. The molecule has 0 unspecified atom stereocenters. The van der Waals surface area contributed by atoms with Crippen LogP contribution in [0.4, 0.5) is 0 Å². The zero-order chi connectivity index (χ0) is 11.0. The largest absolute Gasteiger partial charge is 0.329 e. The van der Waals surface area contributed by atoms with Crippen molar-refractivity contribution in [1.29, 1.82) is 0 Å². The summed E-state index contributed by atoms with van der Waals surface area (Å²) in [7, 11) is 0. The second kappa shape index (κ2) is 4.10. The van der Waals surface area contributed by atoms with Crippen molar-refractivity contribution in [3.63, 3.8) is 0 Å². The van der Waals surface area contributed by atoms with Crippen molar-refractivity contribution in [3.05, 3.63) is 21.1 Å². The van der Waals surface area contributed by atoms with Gasteiger partial charge in [0.15, 0.2) is 0 Å². The number of halogens is 2. The third kappa shape index (κ3) is 1.88. The van der Waals surface area contributed by atoms with E-state index in [-0.39, 0.29) is 0 Å². The molecule has 3 nitrogen and oxygen atoms in total. The molecule has 0 aliphatic carbocycles. The van der Waals surface area contributed by atoms with Gasteiger partial charge in [-0.1, -0.05) is 18.5 Å². The van der Waals surface area contributed by atoms with Gasteiger partial charge in [-0.05, 0) is 29.3 Å². The number of rotatable bonds is 2. The second-order valence-electron chi connectivity index (χ2n) is 3.45. The SMILES string of the molecule is CCCc1nc(C)c2c(Br)c(Cl)[nH]c2n1. The van der Waals surface area contributed by atoms with E-state index in [4.69, 9.17) is 11.6 Å². The molecule has 5 heteroatoms. The highest BCUT2D eigenvalue weighted by atomic mass is 79.9. The lowest BCUT2D eigenvalue weighted by atomic mass is 10.2. The number of H-pyrrole nitrogens is 1. The average molecular weight is 289 g/mol. The Kier molecular flexibility index (Phi) is 2.98. The minimum Gasteiger partial charge on any atom is -0.329 e. The van der Waals surface area contributed by atoms with E-state index < -0.39 is 0 Å². The fourth-order valence-corrected chi connectivity index (χ4v) is 2.35. The number of aromatic nitrogens is 3. The summed E-state index contributed by atoms with van der Waals surface area (Å²) in [5.74, 6) is 0.868. The lowest BCUT2D eigenvalue weighted by Gasteiger charge is -2.00. The highest BCUT2D eigenvalue weighted by Crippen LogP contribution is 2.31. The first-order chi connectivity index (χ1) is 7.13. The fraction of sp³-hybridized carbons (Fsp3) is 0.400. The summed E-state index contributed by atoms with van der Waals surface area (Å²) in [5, 5.41) is 1.55. The molecule has 15 heavy (non-hydrogen) atoms. The van der Waals surface area contributed by atoms with Crippen molar-refractivity contribution in [2.24, 2.45) is 0 Å². The Balaban J connectivity index is 2.67. The minimum absolute atomic E-state index is 0.580. The Labute approximate surface area is 101 Å². The van der Waals surface area contributed by atoms with E-state index >= 15 is 0 Å². The van der Waals surface area contributed by atoms with Gasteiger partial charge in [-0.25, -0.2) is 9.97 Å². The predicted octanol–water partition coefficient (Wildman–Crippen LogP) is 3.63. The lowest BCUT2D eigenvalue weighted by molar-refractivity contribution is 0.835. The van der Waals surface area contributed by atoms with Gasteiger partial charge in [0.05, 0.1) is 15.6 Å². The van der Waals surface area contributed by atoms with Crippen LogP contribution in [0, 0.1) is 6.92 Å². The van der Waals surface area contributed by atoms with Crippen molar-refractivity contribution in [2.75, 3.05) is 0 Å². The quantitative estimate of drug-likeness (QED) is 0.917. The molecule has 0 radical (unpaired) electrons. The molecule has 0 bridgehead atoms. The van der Waals surface area contributed by atoms with E-state index in [2.05, 4.69) is 37.8 Å². The molecule has 2 rings (SSSR count). The summed E-state index contributed by atoms with van der Waals surface area (Å²) in [5.41, 5.74) is 1.77. The molecule has 0 aromatic carbocycles. The third-order valence-corrected chi connectivity index (χ3v) is 3.55. The van der Waals surface area contributed by atoms with Crippen LogP contribution in [0.2, 0.25) is 5.15 Å². The molecule has 0 amide bonds. The Morgan fingerprint density at radius 3 is 2.80 bits per heavy atom. The Morgan fingerprint density at radius 1 is 1.40 bits per heavy atom. The molecule has 2 heterocycles. The molecule has 0 spiro atoms. The van der Waals surface area contributed by atoms with Gasteiger partial charge < -0.3 is 4.98 Å².